The minimum atomic E-state index is -0.493. The Labute approximate surface area is 150 Å². The van der Waals surface area contributed by atoms with E-state index in [2.05, 4.69) is 31.0 Å². The maximum Gasteiger partial charge on any atom is 0.251 e. The molecule has 0 fully saturated rings. The summed E-state index contributed by atoms with van der Waals surface area (Å²) >= 11 is 1.44. The molecule has 0 aromatic carbocycles. The minimum absolute atomic E-state index is 0.0886. The highest BCUT2D eigenvalue weighted by Crippen LogP contribution is 2.28. The van der Waals surface area contributed by atoms with E-state index < -0.39 is 5.91 Å². The number of primary amides is 1. The zero-order valence-corrected chi connectivity index (χ0v) is 16.6. The minimum Gasteiger partial charge on any atom is -0.366 e. The molecule has 0 atom stereocenters. The smallest absolute Gasteiger partial charge is 0.251 e. The van der Waals surface area contributed by atoms with Gasteiger partial charge in [0, 0.05) is 4.88 Å². The Morgan fingerprint density at radius 3 is 2.17 bits per heavy atom. The van der Waals surface area contributed by atoms with Crippen molar-refractivity contribution in [1.82, 2.24) is 4.90 Å². The molecule has 1 aromatic rings. The number of carbonyl (C=O) groups excluding carboxylic acids is 2. The first-order chi connectivity index (χ1) is 11.5. The fraction of sp³-hybridized carbons (Fsp3) is 0.667. The molecule has 1 heterocycles. The second-order valence-electron chi connectivity index (χ2n) is 5.39. The fourth-order valence-electron chi connectivity index (χ4n) is 2.36. The highest BCUT2D eigenvalue weighted by atomic mass is 32.1. The Morgan fingerprint density at radius 2 is 1.71 bits per heavy atom. The van der Waals surface area contributed by atoms with Crippen molar-refractivity contribution in [2.75, 3.05) is 25.0 Å². The number of hydrogen-bond donors (Lipinski definition) is 2. The quantitative estimate of drug-likeness (QED) is 0.668. The Kier molecular flexibility index (Phi) is 12.2. The maximum absolute atomic E-state index is 12.2. The Morgan fingerprint density at radius 1 is 1.12 bits per heavy atom. The van der Waals surface area contributed by atoms with Crippen LogP contribution in [0, 0.1) is 0 Å². The van der Waals surface area contributed by atoms with Gasteiger partial charge in [0.05, 0.1) is 12.1 Å². The van der Waals surface area contributed by atoms with Crippen molar-refractivity contribution in [2.24, 2.45) is 5.73 Å². The van der Waals surface area contributed by atoms with Crippen LogP contribution in [0.15, 0.2) is 6.07 Å². The standard InChI is InChI=1S/C16H27N3O2S.C2H6/c1-4-7-12-10-13(15(17)21)16(22-12)18-14(20)11-19(8-5-2)9-6-3;1-2/h10H,4-9,11H2,1-3H3,(H2,17,21)(H,18,20);1-2H3. The molecule has 0 aliphatic carbocycles. The van der Waals surface area contributed by atoms with Gasteiger partial charge in [-0.1, -0.05) is 41.0 Å². The van der Waals surface area contributed by atoms with Crippen molar-refractivity contribution in [3.05, 3.63) is 16.5 Å². The van der Waals surface area contributed by atoms with E-state index in [1.54, 1.807) is 6.07 Å². The predicted octanol–water partition coefficient (Wildman–Crippen LogP) is 3.89. The summed E-state index contributed by atoms with van der Waals surface area (Å²) in [6.07, 6.45) is 3.91. The van der Waals surface area contributed by atoms with Crippen molar-refractivity contribution >= 4 is 28.2 Å². The van der Waals surface area contributed by atoms with Crippen LogP contribution in [0.3, 0.4) is 0 Å². The molecule has 0 saturated heterocycles. The second-order valence-corrected chi connectivity index (χ2v) is 6.53. The van der Waals surface area contributed by atoms with E-state index in [0.29, 0.717) is 17.1 Å². The molecule has 0 unspecified atom stereocenters. The fourth-order valence-corrected chi connectivity index (χ4v) is 3.54. The molecule has 0 aliphatic rings. The molecule has 3 N–H and O–H groups in total. The van der Waals surface area contributed by atoms with E-state index in [1.165, 1.54) is 11.3 Å². The van der Waals surface area contributed by atoms with Gasteiger partial charge in [0.1, 0.15) is 5.00 Å². The molecule has 1 rings (SSSR count). The summed E-state index contributed by atoms with van der Waals surface area (Å²) in [5.74, 6) is -0.581. The summed E-state index contributed by atoms with van der Waals surface area (Å²) in [5.41, 5.74) is 5.82. The number of hydrogen-bond acceptors (Lipinski definition) is 4. The van der Waals surface area contributed by atoms with Gasteiger partial charge in [0.15, 0.2) is 0 Å². The number of anilines is 1. The molecular weight excluding hydrogens is 322 g/mol. The lowest BCUT2D eigenvalue weighted by Gasteiger charge is -2.20. The predicted molar refractivity (Wildman–Crippen MR) is 104 cm³/mol. The number of nitrogens with zero attached hydrogens (tertiary/aromatic N) is 1. The monoisotopic (exact) mass is 355 g/mol. The third kappa shape index (κ3) is 7.93. The average Bonchev–Trinajstić information content (AvgIpc) is 2.93. The first-order valence-corrected chi connectivity index (χ1v) is 9.78. The van der Waals surface area contributed by atoms with Crippen molar-refractivity contribution in [3.8, 4) is 0 Å². The van der Waals surface area contributed by atoms with Crippen molar-refractivity contribution in [1.29, 1.82) is 0 Å². The van der Waals surface area contributed by atoms with Crippen LogP contribution in [0.2, 0.25) is 0 Å². The number of thiophene rings is 1. The molecule has 0 aliphatic heterocycles. The summed E-state index contributed by atoms with van der Waals surface area (Å²) in [6.45, 7) is 12.4. The summed E-state index contributed by atoms with van der Waals surface area (Å²) in [6, 6.07) is 1.79. The van der Waals surface area contributed by atoms with Crippen LogP contribution in [0.4, 0.5) is 5.00 Å². The zero-order chi connectivity index (χ0) is 18.5. The number of nitrogens with two attached hydrogens (primary N) is 1. The number of carbonyl (C=O) groups is 2. The number of amides is 2. The van der Waals surface area contributed by atoms with E-state index in [1.807, 2.05) is 13.8 Å². The van der Waals surface area contributed by atoms with Crippen LogP contribution in [0.5, 0.6) is 0 Å². The molecule has 5 nitrogen and oxygen atoms in total. The van der Waals surface area contributed by atoms with E-state index in [-0.39, 0.29) is 5.91 Å². The van der Waals surface area contributed by atoms with Crippen LogP contribution in [0.25, 0.3) is 0 Å². The molecule has 138 valence electrons. The molecule has 24 heavy (non-hydrogen) atoms. The van der Waals surface area contributed by atoms with Crippen LogP contribution in [0.1, 0.15) is 69.1 Å². The Bertz CT molecular complexity index is 494. The van der Waals surface area contributed by atoms with E-state index in [0.717, 1.165) is 43.6 Å². The topological polar surface area (TPSA) is 75.4 Å². The van der Waals surface area contributed by atoms with Crippen LogP contribution < -0.4 is 11.1 Å². The van der Waals surface area contributed by atoms with Gasteiger partial charge in [-0.25, -0.2) is 0 Å². The van der Waals surface area contributed by atoms with Gasteiger partial charge in [0.2, 0.25) is 5.91 Å². The van der Waals surface area contributed by atoms with Crippen molar-refractivity contribution < 1.29 is 9.59 Å². The number of rotatable bonds is 10. The lowest BCUT2D eigenvalue weighted by Crippen LogP contribution is -2.34. The first kappa shape index (κ1) is 22.6. The van der Waals surface area contributed by atoms with Crippen molar-refractivity contribution in [2.45, 2.75) is 60.3 Å². The normalized spacial score (nSPS) is 10.2. The van der Waals surface area contributed by atoms with Gasteiger partial charge < -0.3 is 11.1 Å². The average molecular weight is 356 g/mol. The molecule has 0 radical (unpaired) electrons. The SMILES string of the molecule is CC.CCCc1cc(C(N)=O)c(NC(=O)CN(CCC)CCC)s1. The molecule has 1 aromatic heterocycles. The third-order valence-corrected chi connectivity index (χ3v) is 4.36. The molecule has 0 saturated carbocycles. The third-order valence-electron chi connectivity index (χ3n) is 3.24. The van der Waals surface area contributed by atoms with Gasteiger partial charge in [-0.15, -0.1) is 11.3 Å². The highest BCUT2D eigenvalue weighted by molar-refractivity contribution is 7.16. The van der Waals surface area contributed by atoms with Crippen LogP contribution in [-0.2, 0) is 11.2 Å². The summed E-state index contributed by atoms with van der Waals surface area (Å²) in [5, 5.41) is 3.43. The van der Waals surface area contributed by atoms with Gasteiger partial charge in [-0.3, -0.25) is 14.5 Å². The van der Waals surface area contributed by atoms with Gasteiger partial charge in [-0.05, 0) is 38.4 Å². The second kappa shape index (κ2) is 13.0. The highest BCUT2D eigenvalue weighted by Gasteiger charge is 2.17. The number of nitrogens with one attached hydrogen (secondary N) is 1. The van der Waals surface area contributed by atoms with Crippen molar-refractivity contribution in [3.63, 3.8) is 0 Å². The van der Waals surface area contributed by atoms with Crippen LogP contribution in [-0.4, -0.2) is 36.3 Å². The molecular formula is C18H33N3O2S. The van der Waals surface area contributed by atoms with E-state index in [9.17, 15) is 9.59 Å². The Hall–Kier alpha value is -1.40. The lowest BCUT2D eigenvalue weighted by molar-refractivity contribution is -0.117. The summed E-state index contributed by atoms with van der Waals surface area (Å²) in [4.78, 5) is 26.9. The largest absolute Gasteiger partial charge is 0.366 e. The molecule has 2 amide bonds. The molecule has 6 heteroatoms. The van der Waals surface area contributed by atoms with E-state index >= 15 is 0 Å². The molecule has 0 spiro atoms. The van der Waals surface area contributed by atoms with Crippen LogP contribution >= 0.6 is 11.3 Å². The summed E-state index contributed by atoms with van der Waals surface area (Å²) in [7, 11) is 0. The first-order valence-electron chi connectivity index (χ1n) is 8.96. The van der Waals surface area contributed by atoms with E-state index in [4.69, 9.17) is 5.73 Å². The lowest BCUT2D eigenvalue weighted by atomic mass is 10.2. The van der Waals surface area contributed by atoms with Gasteiger partial charge in [0.25, 0.3) is 5.91 Å². The van der Waals surface area contributed by atoms with Gasteiger partial charge in [-0.2, -0.15) is 0 Å². The summed E-state index contributed by atoms with van der Waals surface area (Å²) < 4.78 is 0. The Balaban J connectivity index is 0.00000254. The van der Waals surface area contributed by atoms with Gasteiger partial charge >= 0.3 is 0 Å². The maximum atomic E-state index is 12.2. The zero-order valence-electron chi connectivity index (χ0n) is 15.8. The number of aryl methyl sites for hydroxylation is 1. The molecule has 0 bridgehead atoms.